The van der Waals surface area contributed by atoms with Gasteiger partial charge >= 0.3 is 0 Å². The highest BCUT2D eigenvalue weighted by atomic mass is 32.2. The third-order valence-corrected chi connectivity index (χ3v) is 3.95. The van der Waals surface area contributed by atoms with Crippen LogP contribution in [0, 0.1) is 0 Å². The summed E-state index contributed by atoms with van der Waals surface area (Å²) in [6.07, 6.45) is 0.835. The van der Waals surface area contributed by atoms with Crippen LogP contribution in [-0.4, -0.2) is 56.6 Å². The topological polar surface area (TPSA) is 117 Å². The Labute approximate surface area is 101 Å². The van der Waals surface area contributed by atoms with Crippen LogP contribution in [0.2, 0.25) is 0 Å². The number of amidine groups is 1. The lowest BCUT2D eigenvalue weighted by atomic mass is 10.3. The molecule has 0 aliphatic carbocycles. The Morgan fingerprint density at radius 3 is 2.71 bits per heavy atom. The number of morpholine rings is 1. The van der Waals surface area contributed by atoms with E-state index < -0.39 is 10.2 Å². The van der Waals surface area contributed by atoms with Crippen molar-refractivity contribution >= 4 is 16.0 Å². The molecule has 1 aliphatic heterocycles. The lowest BCUT2D eigenvalue weighted by Gasteiger charge is -2.26. The van der Waals surface area contributed by atoms with Crippen molar-refractivity contribution in [1.29, 1.82) is 0 Å². The van der Waals surface area contributed by atoms with Crippen LogP contribution in [0.5, 0.6) is 0 Å². The number of ether oxygens (including phenoxy) is 1. The standard InChI is InChI=1S/C8H18N4O4S/c9-8(11-13)2-1-3-10-17(14,15)12-4-6-16-7-5-12/h10,13H,1-7H2,(H2,9,11). The van der Waals surface area contributed by atoms with Crippen molar-refractivity contribution in [3.8, 4) is 0 Å². The first kappa shape index (κ1) is 14.2. The molecule has 17 heavy (non-hydrogen) atoms. The van der Waals surface area contributed by atoms with E-state index in [9.17, 15) is 8.42 Å². The van der Waals surface area contributed by atoms with Crippen molar-refractivity contribution in [2.24, 2.45) is 10.9 Å². The van der Waals surface area contributed by atoms with Gasteiger partial charge in [0.2, 0.25) is 0 Å². The van der Waals surface area contributed by atoms with E-state index in [1.807, 2.05) is 0 Å². The normalized spacial score (nSPS) is 19.4. The lowest BCUT2D eigenvalue weighted by molar-refractivity contribution is 0.0725. The molecule has 9 heteroatoms. The minimum Gasteiger partial charge on any atom is -0.409 e. The fraction of sp³-hybridized carbons (Fsp3) is 0.875. The zero-order valence-corrected chi connectivity index (χ0v) is 10.3. The van der Waals surface area contributed by atoms with Gasteiger partial charge in [-0.3, -0.25) is 0 Å². The first-order valence-electron chi connectivity index (χ1n) is 5.35. The Kier molecular flexibility index (Phi) is 5.62. The van der Waals surface area contributed by atoms with Crippen LogP contribution in [0.25, 0.3) is 0 Å². The monoisotopic (exact) mass is 266 g/mol. The highest BCUT2D eigenvalue weighted by molar-refractivity contribution is 7.87. The second kappa shape index (κ2) is 6.74. The number of oxime groups is 1. The van der Waals surface area contributed by atoms with Crippen LogP contribution in [0.1, 0.15) is 12.8 Å². The summed E-state index contributed by atoms with van der Waals surface area (Å²) in [5.74, 6) is 0.0931. The molecule has 0 saturated carbocycles. The predicted molar refractivity (Wildman–Crippen MR) is 62.0 cm³/mol. The Hall–Kier alpha value is -0.900. The fourth-order valence-corrected chi connectivity index (χ4v) is 2.61. The summed E-state index contributed by atoms with van der Waals surface area (Å²) in [5, 5.41) is 11.1. The molecule has 1 fully saturated rings. The Morgan fingerprint density at radius 2 is 2.12 bits per heavy atom. The van der Waals surface area contributed by atoms with Gasteiger partial charge < -0.3 is 15.7 Å². The van der Waals surface area contributed by atoms with Crippen LogP contribution in [0.15, 0.2) is 5.16 Å². The van der Waals surface area contributed by atoms with Gasteiger partial charge in [0.25, 0.3) is 10.2 Å². The summed E-state index contributed by atoms with van der Waals surface area (Å²) in [5.41, 5.74) is 5.26. The summed E-state index contributed by atoms with van der Waals surface area (Å²) < 4.78 is 32.4. The molecule has 0 aromatic heterocycles. The van der Waals surface area contributed by atoms with Gasteiger partial charge in [-0.25, -0.2) is 4.72 Å². The molecule has 0 spiro atoms. The molecule has 0 aromatic carbocycles. The van der Waals surface area contributed by atoms with Gasteiger partial charge in [-0.2, -0.15) is 12.7 Å². The van der Waals surface area contributed by atoms with E-state index in [-0.39, 0.29) is 12.4 Å². The average molecular weight is 266 g/mol. The molecule has 0 unspecified atom stereocenters. The molecule has 0 radical (unpaired) electrons. The smallest absolute Gasteiger partial charge is 0.279 e. The minimum absolute atomic E-state index is 0.0931. The van der Waals surface area contributed by atoms with Gasteiger partial charge in [-0.1, -0.05) is 5.16 Å². The van der Waals surface area contributed by atoms with Gasteiger partial charge in [-0.05, 0) is 6.42 Å². The summed E-state index contributed by atoms with van der Waals surface area (Å²) in [7, 11) is -3.43. The molecule has 0 atom stereocenters. The number of hydrogen-bond acceptors (Lipinski definition) is 5. The van der Waals surface area contributed by atoms with Gasteiger partial charge in [0.1, 0.15) is 5.84 Å². The fourth-order valence-electron chi connectivity index (χ4n) is 1.40. The molecular formula is C8H18N4O4S. The van der Waals surface area contributed by atoms with E-state index in [0.717, 1.165) is 0 Å². The molecule has 100 valence electrons. The van der Waals surface area contributed by atoms with Crippen LogP contribution in [0.3, 0.4) is 0 Å². The van der Waals surface area contributed by atoms with Gasteiger partial charge in [0.05, 0.1) is 13.2 Å². The maximum absolute atomic E-state index is 11.7. The summed E-state index contributed by atoms with van der Waals surface area (Å²) in [6, 6.07) is 0. The van der Waals surface area contributed by atoms with Gasteiger partial charge in [0.15, 0.2) is 0 Å². The Bertz CT molecular complexity index is 351. The van der Waals surface area contributed by atoms with Gasteiger partial charge in [-0.15, -0.1) is 0 Å². The van der Waals surface area contributed by atoms with Crippen molar-refractivity contribution in [3.63, 3.8) is 0 Å². The Balaban J connectivity index is 2.29. The molecule has 0 bridgehead atoms. The largest absolute Gasteiger partial charge is 0.409 e. The summed E-state index contributed by atoms with van der Waals surface area (Å²) in [6.45, 7) is 1.84. The van der Waals surface area contributed by atoms with Gasteiger partial charge in [0, 0.05) is 26.1 Å². The van der Waals surface area contributed by atoms with Crippen molar-refractivity contribution in [1.82, 2.24) is 9.03 Å². The predicted octanol–water partition coefficient (Wildman–Crippen LogP) is -1.32. The van der Waals surface area contributed by atoms with E-state index in [0.29, 0.717) is 39.1 Å². The molecular weight excluding hydrogens is 248 g/mol. The second-order valence-electron chi connectivity index (χ2n) is 3.61. The first-order valence-corrected chi connectivity index (χ1v) is 6.79. The number of rotatable bonds is 6. The second-order valence-corrected chi connectivity index (χ2v) is 5.36. The summed E-state index contributed by atoms with van der Waals surface area (Å²) in [4.78, 5) is 0. The van der Waals surface area contributed by atoms with E-state index >= 15 is 0 Å². The van der Waals surface area contributed by atoms with Crippen LogP contribution < -0.4 is 10.5 Å². The van der Waals surface area contributed by atoms with Crippen LogP contribution >= 0.6 is 0 Å². The lowest BCUT2D eigenvalue weighted by Crippen LogP contribution is -2.46. The average Bonchev–Trinajstić information content (AvgIpc) is 2.35. The number of hydrogen-bond donors (Lipinski definition) is 3. The van der Waals surface area contributed by atoms with Crippen LogP contribution in [-0.2, 0) is 14.9 Å². The summed E-state index contributed by atoms with van der Waals surface area (Å²) >= 11 is 0. The number of nitrogens with one attached hydrogen (secondary N) is 1. The molecule has 0 aromatic rings. The maximum Gasteiger partial charge on any atom is 0.279 e. The maximum atomic E-state index is 11.7. The van der Waals surface area contributed by atoms with Crippen LogP contribution in [0.4, 0.5) is 0 Å². The zero-order valence-electron chi connectivity index (χ0n) is 9.50. The van der Waals surface area contributed by atoms with E-state index in [4.69, 9.17) is 15.7 Å². The zero-order chi connectivity index (χ0) is 12.7. The molecule has 4 N–H and O–H groups in total. The molecule has 1 rings (SSSR count). The van der Waals surface area contributed by atoms with E-state index in [2.05, 4.69) is 9.88 Å². The quantitative estimate of drug-likeness (QED) is 0.181. The molecule has 8 nitrogen and oxygen atoms in total. The Morgan fingerprint density at radius 1 is 1.47 bits per heavy atom. The third-order valence-electron chi connectivity index (χ3n) is 2.33. The van der Waals surface area contributed by atoms with Crippen molar-refractivity contribution in [2.75, 3.05) is 32.8 Å². The van der Waals surface area contributed by atoms with E-state index in [1.165, 1.54) is 4.31 Å². The van der Waals surface area contributed by atoms with E-state index in [1.54, 1.807) is 0 Å². The molecule has 0 amide bonds. The first-order chi connectivity index (χ1) is 8.06. The van der Waals surface area contributed by atoms with Crippen molar-refractivity contribution in [3.05, 3.63) is 0 Å². The number of nitrogens with two attached hydrogens (primary N) is 1. The molecule has 1 aliphatic rings. The third kappa shape index (κ3) is 4.86. The van der Waals surface area contributed by atoms with Crippen molar-refractivity contribution < 1.29 is 18.4 Å². The molecule has 1 heterocycles. The molecule has 1 saturated heterocycles. The number of nitrogens with zero attached hydrogens (tertiary/aromatic N) is 2. The highest BCUT2D eigenvalue weighted by Gasteiger charge is 2.23. The van der Waals surface area contributed by atoms with Crippen molar-refractivity contribution in [2.45, 2.75) is 12.8 Å². The highest BCUT2D eigenvalue weighted by Crippen LogP contribution is 2.02. The minimum atomic E-state index is -3.43. The SMILES string of the molecule is NC(CCCNS(=O)(=O)N1CCOCC1)=NO.